The van der Waals surface area contributed by atoms with Crippen molar-refractivity contribution in [2.45, 2.75) is 25.4 Å². The lowest BCUT2D eigenvalue weighted by atomic mass is 10.0. The number of benzene rings is 2. The number of rotatable bonds is 2. The predicted molar refractivity (Wildman–Crippen MR) is 105 cm³/mol. The summed E-state index contributed by atoms with van der Waals surface area (Å²) in [5.41, 5.74) is 4.63. The lowest BCUT2D eigenvalue weighted by Crippen LogP contribution is -2.46. The largest absolute Gasteiger partial charge is 0.508 e. The Morgan fingerprint density at radius 2 is 2.04 bits per heavy atom. The summed E-state index contributed by atoms with van der Waals surface area (Å²) in [4.78, 5) is 19.5. The highest BCUT2D eigenvalue weighted by molar-refractivity contribution is 5.99. The summed E-state index contributed by atoms with van der Waals surface area (Å²) in [6.07, 6.45) is 2.19. The third kappa shape index (κ3) is 2.84. The Morgan fingerprint density at radius 3 is 2.89 bits per heavy atom. The predicted octanol–water partition coefficient (Wildman–Crippen LogP) is 3.32. The van der Waals surface area contributed by atoms with E-state index in [1.807, 2.05) is 35.2 Å². The van der Waals surface area contributed by atoms with Crippen LogP contribution >= 0.6 is 0 Å². The second-order valence-corrected chi connectivity index (χ2v) is 7.38. The molecule has 5 rings (SSSR count). The number of hydrogen-bond donors (Lipinski definition) is 2. The van der Waals surface area contributed by atoms with E-state index in [2.05, 4.69) is 11.4 Å². The lowest BCUT2D eigenvalue weighted by molar-refractivity contribution is 0.0674. The van der Waals surface area contributed by atoms with Crippen LogP contribution in [0.3, 0.4) is 0 Å². The van der Waals surface area contributed by atoms with E-state index in [-0.39, 0.29) is 17.7 Å². The van der Waals surface area contributed by atoms with Crippen LogP contribution in [0, 0.1) is 0 Å². The van der Waals surface area contributed by atoms with Crippen molar-refractivity contribution in [3.63, 3.8) is 0 Å². The Morgan fingerprint density at radius 1 is 1.11 bits per heavy atom. The van der Waals surface area contributed by atoms with Crippen LogP contribution in [-0.2, 0) is 6.54 Å². The number of amides is 1. The van der Waals surface area contributed by atoms with Crippen LogP contribution in [0.25, 0.3) is 22.2 Å². The lowest BCUT2D eigenvalue weighted by Gasteiger charge is -2.31. The van der Waals surface area contributed by atoms with Gasteiger partial charge in [-0.25, -0.2) is 4.98 Å². The average molecular weight is 359 g/mol. The molecule has 2 aliphatic heterocycles. The molecule has 2 aliphatic rings. The van der Waals surface area contributed by atoms with Crippen molar-refractivity contribution in [1.82, 2.24) is 15.2 Å². The van der Waals surface area contributed by atoms with Crippen molar-refractivity contribution in [2.75, 3.05) is 13.1 Å². The molecule has 0 bridgehead atoms. The van der Waals surface area contributed by atoms with Crippen LogP contribution in [0.4, 0.5) is 0 Å². The van der Waals surface area contributed by atoms with Crippen LogP contribution in [0.15, 0.2) is 48.5 Å². The molecule has 0 saturated carbocycles. The van der Waals surface area contributed by atoms with Gasteiger partial charge in [0.15, 0.2) is 0 Å². The van der Waals surface area contributed by atoms with E-state index in [0.717, 1.165) is 59.2 Å². The molecule has 2 aromatic carbocycles. The van der Waals surface area contributed by atoms with Crippen molar-refractivity contribution in [1.29, 1.82) is 0 Å². The Kier molecular flexibility index (Phi) is 3.83. The van der Waals surface area contributed by atoms with E-state index in [1.54, 1.807) is 12.1 Å². The summed E-state index contributed by atoms with van der Waals surface area (Å²) >= 11 is 0. The number of nitrogens with zero attached hydrogens (tertiary/aromatic N) is 2. The number of piperidine rings is 1. The van der Waals surface area contributed by atoms with Gasteiger partial charge in [-0.15, -0.1) is 0 Å². The smallest absolute Gasteiger partial charge is 0.254 e. The zero-order valence-electron chi connectivity index (χ0n) is 15.0. The molecule has 0 spiro atoms. The number of phenolic OH excluding ortho intramolecular Hbond substituents is 1. The second-order valence-electron chi connectivity index (χ2n) is 7.38. The van der Waals surface area contributed by atoms with Gasteiger partial charge in [-0.05, 0) is 61.3 Å². The van der Waals surface area contributed by atoms with E-state index in [0.29, 0.717) is 6.54 Å². The monoisotopic (exact) mass is 359 g/mol. The summed E-state index contributed by atoms with van der Waals surface area (Å²) in [5.74, 6) is 0.387. The fourth-order valence-electron chi connectivity index (χ4n) is 4.17. The molecule has 1 amide bonds. The molecule has 1 atom stereocenters. The summed E-state index contributed by atoms with van der Waals surface area (Å²) < 4.78 is 0. The van der Waals surface area contributed by atoms with Crippen LogP contribution in [0.1, 0.15) is 28.8 Å². The number of carbonyl (C=O) groups excluding carboxylic acids is 1. The molecule has 2 N–H and O–H groups in total. The summed E-state index contributed by atoms with van der Waals surface area (Å²) in [6, 6.07) is 15.4. The van der Waals surface area contributed by atoms with Crippen LogP contribution in [-0.4, -0.2) is 40.0 Å². The average Bonchev–Trinajstić information content (AvgIpc) is 3.04. The third-order valence-electron chi connectivity index (χ3n) is 5.62. The van der Waals surface area contributed by atoms with E-state index >= 15 is 0 Å². The maximum atomic E-state index is 12.8. The highest BCUT2D eigenvalue weighted by Gasteiger charge is 2.33. The minimum absolute atomic E-state index is 0.146. The first-order chi connectivity index (χ1) is 13.2. The van der Waals surface area contributed by atoms with Crippen LogP contribution in [0.5, 0.6) is 5.75 Å². The standard InChI is InChI=1S/C22H21N3O2/c26-18-5-8-21-15(11-18)4-7-20(24-21)14-3-6-19-16(10-14)13-25(22(19)27)17-2-1-9-23-12-17/h3-8,10-11,17,23,26H,1-2,9,12-13H2. The second kappa shape index (κ2) is 6.35. The quantitative estimate of drug-likeness (QED) is 0.737. The van der Waals surface area contributed by atoms with E-state index in [9.17, 15) is 9.90 Å². The number of aromatic hydroxyl groups is 1. The number of pyridine rings is 1. The number of fused-ring (bicyclic) bond motifs is 2. The van der Waals surface area contributed by atoms with E-state index < -0.39 is 0 Å². The molecule has 3 heterocycles. The van der Waals surface area contributed by atoms with Gasteiger partial charge in [-0.3, -0.25) is 4.79 Å². The topological polar surface area (TPSA) is 65.5 Å². The maximum Gasteiger partial charge on any atom is 0.254 e. The van der Waals surface area contributed by atoms with Gasteiger partial charge < -0.3 is 15.3 Å². The molecule has 5 heteroatoms. The molecule has 1 saturated heterocycles. The molecule has 1 aromatic heterocycles. The fraction of sp³-hybridized carbons (Fsp3) is 0.273. The minimum Gasteiger partial charge on any atom is -0.508 e. The Hall–Kier alpha value is -2.92. The molecule has 27 heavy (non-hydrogen) atoms. The van der Waals surface area contributed by atoms with Crippen LogP contribution < -0.4 is 5.32 Å². The van der Waals surface area contributed by atoms with Gasteiger partial charge in [0.1, 0.15) is 5.75 Å². The molecule has 0 radical (unpaired) electrons. The molecular formula is C22H21N3O2. The number of hydrogen-bond acceptors (Lipinski definition) is 4. The van der Waals surface area contributed by atoms with Crippen molar-refractivity contribution < 1.29 is 9.90 Å². The first-order valence-corrected chi connectivity index (χ1v) is 9.44. The SMILES string of the molecule is O=C1c2ccc(-c3ccc4cc(O)ccc4n3)cc2CN1C1CCCNC1. The molecule has 1 unspecified atom stereocenters. The summed E-state index contributed by atoms with van der Waals surface area (Å²) in [5, 5.41) is 13.9. The normalized spacial score (nSPS) is 19.5. The molecular weight excluding hydrogens is 338 g/mol. The van der Waals surface area contributed by atoms with Crippen molar-refractivity contribution in [2.24, 2.45) is 0 Å². The molecule has 136 valence electrons. The first-order valence-electron chi connectivity index (χ1n) is 9.44. The van der Waals surface area contributed by atoms with Crippen molar-refractivity contribution in [3.8, 4) is 17.0 Å². The van der Waals surface area contributed by atoms with Gasteiger partial charge in [-0.1, -0.05) is 12.1 Å². The third-order valence-corrected chi connectivity index (χ3v) is 5.62. The highest BCUT2D eigenvalue weighted by Crippen LogP contribution is 2.31. The van der Waals surface area contributed by atoms with Gasteiger partial charge in [0.05, 0.1) is 11.2 Å². The van der Waals surface area contributed by atoms with E-state index in [4.69, 9.17) is 4.98 Å². The van der Waals surface area contributed by atoms with E-state index in [1.165, 1.54) is 0 Å². The zero-order chi connectivity index (χ0) is 18.4. The number of aromatic nitrogens is 1. The highest BCUT2D eigenvalue weighted by atomic mass is 16.3. The maximum absolute atomic E-state index is 12.8. The van der Waals surface area contributed by atoms with Gasteiger partial charge in [0, 0.05) is 35.6 Å². The Bertz CT molecular complexity index is 1040. The number of nitrogens with one attached hydrogen (secondary N) is 1. The molecule has 1 fully saturated rings. The molecule has 0 aliphatic carbocycles. The molecule has 3 aromatic rings. The van der Waals surface area contributed by atoms with Gasteiger partial charge in [0.2, 0.25) is 0 Å². The molecule has 5 nitrogen and oxygen atoms in total. The number of phenols is 1. The Balaban J connectivity index is 1.47. The first kappa shape index (κ1) is 16.3. The van der Waals surface area contributed by atoms with Crippen molar-refractivity contribution in [3.05, 3.63) is 59.7 Å². The Labute approximate surface area is 157 Å². The van der Waals surface area contributed by atoms with Crippen molar-refractivity contribution >= 4 is 16.8 Å². The minimum atomic E-state index is 0.146. The van der Waals surface area contributed by atoms with Gasteiger partial charge >= 0.3 is 0 Å². The summed E-state index contributed by atoms with van der Waals surface area (Å²) in [7, 11) is 0. The van der Waals surface area contributed by atoms with Gasteiger partial charge in [0.25, 0.3) is 5.91 Å². The van der Waals surface area contributed by atoms with Gasteiger partial charge in [-0.2, -0.15) is 0 Å². The number of carbonyl (C=O) groups is 1. The van der Waals surface area contributed by atoms with Crippen LogP contribution in [0.2, 0.25) is 0 Å². The zero-order valence-corrected chi connectivity index (χ0v) is 15.0. The summed E-state index contributed by atoms with van der Waals surface area (Å²) in [6.45, 7) is 2.60. The fourth-order valence-corrected chi connectivity index (χ4v) is 4.17.